The number of alkyl carbamates (subject to hydrolysis) is 1. The largest absolute Gasteiger partial charge is 0.467 e. The molecule has 0 saturated carbocycles. The number of amides is 2. The molecule has 0 bridgehead atoms. The Bertz CT molecular complexity index is 953. The molecule has 33 heavy (non-hydrogen) atoms. The lowest BCUT2D eigenvalue weighted by Gasteiger charge is -2.21. The molecule has 0 unspecified atom stereocenters. The van der Waals surface area contributed by atoms with Crippen molar-refractivity contribution in [1.82, 2.24) is 10.6 Å². The normalized spacial score (nSPS) is 12.9. The van der Waals surface area contributed by atoms with Crippen molar-refractivity contribution in [2.75, 3.05) is 13.7 Å². The second-order valence-electron chi connectivity index (χ2n) is 6.93. The van der Waals surface area contributed by atoms with E-state index in [0.717, 1.165) is 19.2 Å². The van der Waals surface area contributed by atoms with Crippen LogP contribution in [0.3, 0.4) is 0 Å². The number of ether oxygens (including phenoxy) is 2. The molecular formula is C22H23F3N2O6. The minimum atomic E-state index is -4.58. The molecule has 2 amide bonds. The zero-order valence-corrected chi connectivity index (χ0v) is 17.6. The molecule has 2 rings (SSSR count). The summed E-state index contributed by atoms with van der Waals surface area (Å²) in [5.74, 6) is -1.86. The number of alkyl halides is 3. The van der Waals surface area contributed by atoms with Crippen molar-refractivity contribution in [3.63, 3.8) is 0 Å². The number of aliphatic hydroxyl groups excluding tert-OH is 1. The van der Waals surface area contributed by atoms with Gasteiger partial charge in [0.05, 0.1) is 19.3 Å². The van der Waals surface area contributed by atoms with E-state index in [1.165, 1.54) is 12.1 Å². The molecule has 2 aromatic rings. The fourth-order valence-electron chi connectivity index (χ4n) is 2.82. The van der Waals surface area contributed by atoms with Crippen molar-refractivity contribution >= 4 is 18.0 Å². The van der Waals surface area contributed by atoms with Crippen LogP contribution in [-0.4, -0.2) is 48.9 Å². The highest BCUT2D eigenvalue weighted by Gasteiger charge is 2.32. The predicted molar refractivity (Wildman–Crippen MR) is 110 cm³/mol. The van der Waals surface area contributed by atoms with Crippen LogP contribution < -0.4 is 10.6 Å². The first-order valence-electron chi connectivity index (χ1n) is 9.76. The van der Waals surface area contributed by atoms with E-state index in [2.05, 4.69) is 15.4 Å². The molecule has 2 aromatic carbocycles. The molecule has 0 aliphatic rings. The van der Waals surface area contributed by atoms with Crippen molar-refractivity contribution < 1.29 is 42.1 Å². The van der Waals surface area contributed by atoms with Gasteiger partial charge in [0.15, 0.2) is 0 Å². The summed E-state index contributed by atoms with van der Waals surface area (Å²) in [4.78, 5) is 36.6. The molecule has 0 spiro atoms. The van der Waals surface area contributed by atoms with Gasteiger partial charge in [-0.3, -0.25) is 4.79 Å². The van der Waals surface area contributed by atoms with Crippen molar-refractivity contribution in [3.05, 3.63) is 71.3 Å². The van der Waals surface area contributed by atoms with Crippen LogP contribution in [0.25, 0.3) is 0 Å². The molecule has 11 heteroatoms. The SMILES string of the molecule is COC(=O)[C@@H](Cc1cccc(C(F)(F)F)c1)NC(=O)[C@H](CO)NC(=O)OCc1ccccc1. The minimum Gasteiger partial charge on any atom is -0.467 e. The van der Waals surface area contributed by atoms with Crippen LogP contribution in [0, 0.1) is 0 Å². The Balaban J connectivity index is 2.02. The summed E-state index contributed by atoms with van der Waals surface area (Å²) in [6.45, 7) is -0.892. The van der Waals surface area contributed by atoms with Crippen LogP contribution in [0.1, 0.15) is 16.7 Å². The maximum atomic E-state index is 12.9. The number of hydrogen-bond donors (Lipinski definition) is 3. The Morgan fingerprint density at radius 2 is 1.64 bits per heavy atom. The van der Waals surface area contributed by atoms with Crippen LogP contribution in [0.15, 0.2) is 54.6 Å². The van der Waals surface area contributed by atoms with Crippen molar-refractivity contribution in [1.29, 1.82) is 0 Å². The third-order valence-corrected chi connectivity index (χ3v) is 4.50. The van der Waals surface area contributed by atoms with Crippen LogP contribution in [-0.2, 0) is 38.3 Å². The number of rotatable bonds is 9. The lowest BCUT2D eigenvalue weighted by atomic mass is 10.0. The Kier molecular flexibility index (Phi) is 9.22. The quantitative estimate of drug-likeness (QED) is 0.487. The van der Waals surface area contributed by atoms with E-state index in [1.54, 1.807) is 30.3 Å². The van der Waals surface area contributed by atoms with Gasteiger partial charge in [-0.05, 0) is 17.2 Å². The van der Waals surface area contributed by atoms with E-state index in [9.17, 15) is 32.7 Å². The number of carbonyl (C=O) groups is 3. The first kappa shape index (κ1) is 25.7. The monoisotopic (exact) mass is 468 g/mol. The number of halogens is 3. The Morgan fingerprint density at radius 1 is 0.970 bits per heavy atom. The average molecular weight is 468 g/mol. The second kappa shape index (κ2) is 11.9. The maximum absolute atomic E-state index is 12.9. The van der Waals surface area contributed by atoms with E-state index >= 15 is 0 Å². The Labute approximate surface area is 187 Å². The van der Waals surface area contributed by atoms with E-state index in [-0.39, 0.29) is 18.6 Å². The molecule has 0 aromatic heterocycles. The standard InChI is InChI=1S/C22H23F3N2O6/c1-32-20(30)17(11-15-8-5-9-16(10-15)22(23,24)25)26-19(29)18(12-28)27-21(31)33-13-14-6-3-2-4-7-14/h2-10,17-18,28H,11-13H2,1H3,(H,26,29)(H,27,31)/t17-,18+/m1/s1. The molecule has 0 heterocycles. The van der Waals surface area contributed by atoms with Gasteiger partial charge < -0.3 is 25.2 Å². The summed E-state index contributed by atoms with van der Waals surface area (Å²) in [6, 6.07) is 10.2. The lowest BCUT2D eigenvalue weighted by molar-refractivity contribution is -0.145. The van der Waals surface area contributed by atoms with Crippen molar-refractivity contribution in [3.8, 4) is 0 Å². The zero-order valence-electron chi connectivity index (χ0n) is 17.6. The second-order valence-corrected chi connectivity index (χ2v) is 6.93. The number of carbonyl (C=O) groups excluding carboxylic acids is 3. The van der Waals surface area contributed by atoms with Crippen molar-refractivity contribution in [2.24, 2.45) is 0 Å². The number of hydrogen-bond acceptors (Lipinski definition) is 6. The fourth-order valence-corrected chi connectivity index (χ4v) is 2.82. The number of nitrogens with one attached hydrogen (secondary N) is 2. The van der Waals surface area contributed by atoms with E-state index in [1.807, 2.05) is 0 Å². The topological polar surface area (TPSA) is 114 Å². The smallest absolute Gasteiger partial charge is 0.416 e. The lowest BCUT2D eigenvalue weighted by Crippen LogP contribution is -2.54. The predicted octanol–water partition coefficient (Wildman–Crippen LogP) is 2.19. The first-order chi connectivity index (χ1) is 15.6. The molecule has 0 aliphatic carbocycles. The average Bonchev–Trinajstić information content (AvgIpc) is 2.80. The van der Waals surface area contributed by atoms with Crippen LogP contribution >= 0.6 is 0 Å². The van der Waals surface area contributed by atoms with Gasteiger partial charge in [0, 0.05) is 6.42 Å². The molecule has 3 N–H and O–H groups in total. The van der Waals surface area contributed by atoms with Gasteiger partial charge in [0.2, 0.25) is 5.91 Å². The molecule has 0 fully saturated rings. The Hall–Kier alpha value is -3.60. The number of aliphatic hydroxyl groups is 1. The molecule has 8 nitrogen and oxygen atoms in total. The number of esters is 1. The fraction of sp³-hybridized carbons (Fsp3) is 0.318. The van der Waals surface area contributed by atoms with Gasteiger partial charge in [0.25, 0.3) is 0 Å². The summed E-state index contributed by atoms with van der Waals surface area (Å²) >= 11 is 0. The summed E-state index contributed by atoms with van der Waals surface area (Å²) < 4.78 is 48.4. The Morgan fingerprint density at radius 3 is 2.24 bits per heavy atom. The van der Waals surface area contributed by atoms with Gasteiger partial charge in [0.1, 0.15) is 18.7 Å². The summed E-state index contributed by atoms with van der Waals surface area (Å²) in [5, 5.41) is 13.9. The third-order valence-electron chi connectivity index (χ3n) is 4.50. The number of methoxy groups -OCH3 is 1. The summed E-state index contributed by atoms with van der Waals surface area (Å²) in [6.07, 6.45) is -5.87. The highest BCUT2D eigenvalue weighted by atomic mass is 19.4. The third kappa shape index (κ3) is 8.11. The maximum Gasteiger partial charge on any atom is 0.416 e. The molecule has 0 saturated heterocycles. The zero-order chi connectivity index (χ0) is 24.4. The molecule has 178 valence electrons. The van der Waals surface area contributed by atoms with Gasteiger partial charge in [-0.25, -0.2) is 9.59 Å². The van der Waals surface area contributed by atoms with Crippen LogP contribution in [0.2, 0.25) is 0 Å². The van der Waals surface area contributed by atoms with Crippen LogP contribution in [0.5, 0.6) is 0 Å². The minimum absolute atomic E-state index is 0.0766. The number of benzene rings is 2. The van der Waals surface area contributed by atoms with Gasteiger partial charge in [-0.1, -0.05) is 48.5 Å². The first-order valence-corrected chi connectivity index (χ1v) is 9.76. The van der Waals surface area contributed by atoms with Crippen molar-refractivity contribution in [2.45, 2.75) is 31.3 Å². The summed E-state index contributed by atoms with van der Waals surface area (Å²) in [7, 11) is 1.05. The molecular weight excluding hydrogens is 445 g/mol. The van der Waals surface area contributed by atoms with E-state index < -0.39 is 48.4 Å². The van der Waals surface area contributed by atoms with Gasteiger partial charge >= 0.3 is 18.2 Å². The highest BCUT2D eigenvalue weighted by molar-refractivity contribution is 5.89. The van der Waals surface area contributed by atoms with Crippen LogP contribution in [0.4, 0.5) is 18.0 Å². The molecule has 2 atom stereocenters. The molecule has 0 aliphatic heterocycles. The van der Waals surface area contributed by atoms with Gasteiger partial charge in [-0.2, -0.15) is 13.2 Å². The molecule has 0 radical (unpaired) electrons. The van der Waals surface area contributed by atoms with Gasteiger partial charge in [-0.15, -0.1) is 0 Å². The van der Waals surface area contributed by atoms with E-state index in [4.69, 9.17) is 4.74 Å². The van der Waals surface area contributed by atoms with E-state index in [0.29, 0.717) is 5.56 Å². The summed E-state index contributed by atoms with van der Waals surface area (Å²) in [5.41, 5.74) is -0.0909. The highest BCUT2D eigenvalue weighted by Crippen LogP contribution is 2.29.